The number of hydrogen-bond donors (Lipinski definition) is 2. The van der Waals surface area contributed by atoms with E-state index >= 15 is 0 Å². The van der Waals surface area contributed by atoms with E-state index in [0.29, 0.717) is 13.2 Å². The number of nitrogens with one attached hydrogen (secondary N) is 1. The molecule has 0 bridgehead atoms. The van der Waals surface area contributed by atoms with Crippen LogP contribution in [0.3, 0.4) is 0 Å². The van der Waals surface area contributed by atoms with E-state index < -0.39 is 0 Å². The Kier molecular flexibility index (Phi) is 10.5. The molecule has 172 valence electrons. The third-order valence-corrected chi connectivity index (χ3v) is 5.64. The lowest BCUT2D eigenvalue weighted by Crippen LogP contribution is -2.29. The highest BCUT2D eigenvalue weighted by Crippen LogP contribution is 2.40. The Morgan fingerprint density at radius 2 is 1.77 bits per heavy atom. The van der Waals surface area contributed by atoms with Gasteiger partial charge in [-0.2, -0.15) is 0 Å². The lowest BCUT2D eigenvalue weighted by atomic mass is 9.84. The predicted octanol–water partition coefficient (Wildman–Crippen LogP) is 5.52. The van der Waals surface area contributed by atoms with Gasteiger partial charge in [-0.25, -0.2) is 0 Å². The van der Waals surface area contributed by atoms with Gasteiger partial charge in [0.2, 0.25) is 0 Å². The zero-order valence-electron chi connectivity index (χ0n) is 19.3. The van der Waals surface area contributed by atoms with Gasteiger partial charge in [-0.1, -0.05) is 74.0 Å². The normalized spacial score (nSPS) is 13.8. The number of halogens is 1. The first-order valence-corrected chi connectivity index (χ1v) is 11.6. The van der Waals surface area contributed by atoms with Gasteiger partial charge < -0.3 is 24.6 Å². The second-order valence-corrected chi connectivity index (χ2v) is 9.47. The van der Waals surface area contributed by atoms with E-state index in [1.165, 1.54) is 0 Å². The summed E-state index contributed by atoms with van der Waals surface area (Å²) in [5.41, 5.74) is 3.09. The highest BCUT2D eigenvalue weighted by Gasteiger charge is 2.27. The molecule has 2 atom stereocenters. The monoisotopic (exact) mass is 493 g/mol. The molecule has 2 aromatic rings. The minimum absolute atomic E-state index is 0.00932. The summed E-state index contributed by atoms with van der Waals surface area (Å²) in [6.45, 7) is 9.81. The molecule has 2 aromatic carbocycles. The summed E-state index contributed by atoms with van der Waals surface area (Å²) in [6, 6.07) is 14.1. The summed E-state index contributed by atoms with van der Waals surface area (Å²) in [5, 5.41) is 13.7. The molecule has 0 amide bonds. The van der Waals surface area contributed by atoms with E-state index in [9.17, 15) is 5.11 Å². The zero-order valence-corrected chi connectivity index (χ0v) is 20.9. The van der Waals surface area contributed by atoms with E-state index in [1.54, 1.807) is 7.11 Å². The standard InChI is InChI=1S/C25H36BrNO4/c1-6-22(27-23(16-28)18-10-8-7-9-11-18)20-14-19(26)15-21(25(2,3)4)24(20)31-17-30-13-12-29-5/h7-11,14-15,22-23,27-28H,6,12-13,16-17H2,1-5H3/t22?,23-/m1/s1. The lowest BCUT2D eigenvalue weighted by Gasteiger charge is -2.30. The molecular weight excluding hydrogens is 458 g/mol. The summed E-state index contributed by atoms with van der Waals surface area (Å²) < 4.78 is 17.8. The Morgan fingerprint density at radius 1 is 1.06 bits per heavy atom. The van der Waals surface area contributed by atoms with E-state index in [0.717, 1.165) is 33.3 Å². The van der Waals surface area contributed by atoms with Gasteiger partial charge in [0.05, 0.1) is 25.9 Å². The Hall–Kier alpha value is -1.44. The quantitative estimate of drug-likeness (QED) is 0.301. The minimum atomic E-state index is -0.172. The summed E-state index contributed by atoms with van der Waals surface area (Å²) in [7, 11) is 1.65. The maximum atomic E-state index is 10.1. The van der Waals surface area contributed by atoms with Crippen LogP contribution in [-0.4, -0.2) is 38.8 Å². The molecular formula is C25H36BrNO4. The SMILES string of the molecule is CCC(N[C@H](CO)c1ccccc1)c1cc(Br)cc(C(C)(C)C)c1OCOCCOC. The molecule has 2 N–H and O–H groups in total. The summed E-state index contributed by atoms with van der Waals surface area (Å²) in [6.07, 6.45) is 0.838. The predicted molar refractivity (Wildman–Crippen MR) is 129 cm³/mol. The fraction of sp³-hybridized carbons (Fsp3) is 0.520. The van der Waals surface area contributed by atoms with Crippen LogP contribution in [0.5, 0.6) is 5.75 Å². The van der Waals surface area contributed by atoms with Crippen LogP contribution in [0.1, 0.15) is 62.9 Å². The first-order chi connectivity index (χ1) is 14.8. The van der Waals surface area contributed by atoms with Gasteiger partial charge in [0, 0.05) is 28.8 Å². The van der Waals surface area contributed by atoms with Crippen LogP contribution in [0.15, 0.2) is 46.9 Å². The van der Waals surface area contributed by atoms with Gasteiger partial charge in [-0.3, -0.25) is 0 Å². The van der Waals surface area contributed by atoms with Crippen LogP contribution in [-0.2, 0) is 14.9 Å². The first-order valence-electron chi connectivity index (χ1n) is 10.8. The third kappa shape index (κ3) is 7.58. The lowest BCUT2D eigenvalue weighted by molar-refractivity contribution is -0.00986. The molecule has 1 unspecified atom stereocenters. The maximum absolute atomic E-state index is 10.1. The van der Waals surface area contributed by atoms with Crippen molar-refractivity contribution in [2.24, 2.45) is 0 Å². The topological polar surface area (TPSA) is 60.0 Å². The van der Waals surface area contributed by atoms with Crippen molar-refractivity contribution < 1.29 is 19.3 Å². The molecule has 31 heavy (non-hydrogen) atoms. The highest BCUT2D eigenvalue weighted by molar-refractivity contribution is 9.10. The minimum Gasteiger partial charge on any atom is -0.467 e. The summed E-state index contributed by atoms with van der Waals surface area (Å²) in [5.74, 6) is 0.831. The molecule has 0 fully saturated rings. The van der Waals surface area contributed by atoms with Gasteiger partial charge in [0.1, 0.15) is 5.75 Å². The van der Waals surface area contributed by atoms with Crippen molar-refractivity contribution in [1.82, 2.24) is 5.32 Å². The van der Waals surface area contributed by atoms with Crippen molar-refractivity contribution >= 4 is 15.9 Å². The first kappa shape index (κ1) is 25.8. The van der Waals surface area contributed by atoms with Gasteiger partial charge in [-0.15, -0.1) is 0 Å². The van der Waals surface area contributed by atoms with Crippen LogP contribution in [0.4, 0.5) is 0 Å². The maximum Gasteiger partial charge on any atom is 0.189 e. The van der Waals surface area contributed by atoms with E-state index in [2.05, 4.69) is 61.1 Å². The molecule has 5 nitrogen and oxygen atoms in total. The molecule has 6 heteroatoms. The molecule has 0 aromatic heterocycles. The van der Waals surface area contributed by atoms with Crippen LogP contribution in [0.2, 0.25) is 0 Å². The Labute approximate surface area is 195 Å². The Morgan fingerprint density at radius 3 is 2.35 bits per heavy atom. The molecule has 0 radical (unpaired) electrons. The van der Waals surface area contributed by atoms with Gasteiger partial charge in [0.15, 0.2) is 6.79 Å². The van der Waals surface area contributed by atoms with E-state index in [-0.39, 0.29) is 30.9 Å². The van der Waals surface area contributed by atoms with Crippen molar-refractivity contribution in [3.05, 3.63) is 63.6 Å². The van der Waals surface area contributed by atoms with Gasteiger partial charge in [0.25, 0.3) is 0 Å². The number of hydrogen-bond acceptors (Lipinski definition) is 5. The number of rotatable bonds is 12. The fourth-order valence-corrected chi connectivity index (χ4v) is 3.98. The van der Waals surface area contributed by atoms with E-state index in [1.807, 2.05) is 30.3 Å². The molecule has 0 saturated heterocycles. The molecule has 2 rings (SSSR count). The molecule has 0 saturated carbocycles. The van der Waals surface area contributed by atoms with Crippen molar-refractivity contribution in [2.75, 3.05) is 33.7 Å². The molecule has 0 spiro atoms. The van der Waals surface area contributed by atoms with Crippen molar-refractivity contribution in [1.29, 1.82) is 0 Å². The highest BCUT2D eigenvalue weighted by atomic mass is 79.9. The van der Waals surface area contributed by atoms with Crippen molar-refractivity contribution in [2.45, 2.75) is 51.6 Å². The zero-order chi connectivity index (χ0) is 22.9. The van der Waals surface area contributed by atoms with Crippen molar-refractivity contribution in [3.63, 3.8) is 0 Å². The average molecular weight is 494 g/mol. The molecule has 0 heterocycles. The molecule has 0 aliphatic rings. The van der Waals surface area contributed by atoms with Crippen LogP contribution in [0.25, 0.3) is 0 Å². The largest absolute Gasteiger partial charge is 0.467 e. The number of aliphatic hydroxyl groups excluding tert-OH is 1. The van der Waals surface area contributed by atoms with E-state index in [4.69, 9.17) is 14.2 Å². The number of aliphatic hydroxyl groups is 1. The van der Waals surface area contributed by atoms with Crippen molar-refractivity contribution in [3.8, 4) is 5.75 Å². The summed E-state index contributed by atoms with van der Waals surface area (Å²) in [4.78, 5) is 0. The number of methoxy groups -OCH3 is 1. The second-order valence-electron chi connectivity index (χ2n) is 8.56. The fourth-order valence-electron chi connectivity index (χ4n) is 3.50. The number of benzene rings is 2. The second kappa shape index (κ2) is 12.6. The van der Waals surface area contributed by atoms with Gasteiger partial charge >= 0.3 is 0 Å². The van der Waals surface area contributed by atoms with Gasteiger partial charge in [-0.05, 0) is 29.5 Å². The van der Waals surface area contributed by atoms with Crippen LogP contribution in [0, 0.1) is 0 Å². The summed E-state index contributed by atoms with van der Waals surface area (Å²) >= 11 is 3.69. The average Bonchev–Trinajstić information content (AvgIpc) is 2.75. The third-order valence-electron chi connectivity index (χ3n) is 5.18. The smallest absolute Gasteiger partial charge is 0.189 e. The Bertz CT molecular complexity index is 792. The Balaban J connectivity index is 2.39. The molecule has 0 aliphatic heterocycles. The molecule has 0 aliphatic carbocycles. The van der Waals surface area contributed by atoms with Crippen LogP contribution < -0.4 is 10.1 Å². The van der Waals surface area contributed by atoms with Crippen LogP contribution >= 0.6 is 15.9 Å². The number of ether oxygens (including phenoxy) is 3.